The number of amides is 2. The van der Waals surface area contributed by atoms with Crippen molar-refractivity contribution < 1.29 is 14.5 Å². The molecular weight excluding hydrogens is 362 g/mol. The van der Waals surface area contributed by atoms with Gasteiger partial charge in [-0.25, -0.2) is 0 Å². The Hall–Kier alpha value is -2.92. The molecule has 2 aromatic rings. The van der Waals surface area contributed by atoms with Crippen LogP contribution in [0.4, 0.5) is 5.69 Å². The van der Waals surface area contributed by atoms with Crippen LogP contribution in [0.2, 0.25) is 0 Å². The molecule has 5 nitrogen and oxygen atoms in total. The topological polar surface area (TPSA) is 53.9 Å². The average Bonchev–Trinajstić information content (AvgIpc) is 2.72. The Morgan fingerprint density at radius 2 is 1.86 bits per heavy atom. The molecule has 1 aliphatic heterocycles. The fourth-order valence-electron chi connectivity index (χ4n) is 3.57. The van der Waals surface area contributed by atoms with E-state index in [1.54, 1.807) is 7.05 Å². The minimum absolute atomic E-state index is 0.00678. The van der Waals surface area contributed by atoms with Crippen LogP contribution in [0.15, 0.2) is 54.6 Å². The number of hydrogen-bond donors (Lipinski definition) is 2. The van der Waals surface area contributed by atoms with Crippen LogP contribution in [0.5, 0.6) is 0 Å². The summed E-state index contributed by atoms with van der Waals surface area (Å²) in [6.07, 6.45) is 3.19. The van der Waals surface area contributed by atoms with E-state index in [1.165, 1.54) is 20.9 Å². The highest BCUT2D eigenvalue weighted by Crippen LogP contribution is 2.18. The van der Waals surface area contributed by atoms with Crippen molar-refractivity contribution in [3.8, 4) is 0 Å². The van der Waals surface area contributed by atoms with Crippen LogP contribution < -0.4 is 10.2 Å². The SMILES string of the molecule is Cc1ccc(C)c(NC(=O)CN(C)C(=O)C[NH+]2CC=C(c3ccccc3)CC2)c1. The number of anilines is 1. The number of nitrogens with one attached hydrogen (secondary N) is 2. The van der Waals surface area contributed by atoms with Gasteiger partial charge in [-0.1, -0.05) is 42.5 Å². The van der Waals surface area contributed by atoms with Gasteiger partial charge in [0.25, 0.3) is 5.91 Å². The molecule has 0 spiro atoms. The van der Waals surface area contributed by atoms with Crippen LogP contribution in [0, 0.1) is 13.8 Å². The summed E-state index contributed by atoms with van der Waals surface area (Å²) in [4.78, 5) is 27.7. The first-order chi connectivity index (χ1) is 13.9. The lowest BCUT2D eigenvalue weighted by molar-refractivity contribution is -0.887. The summed E-state index contributed by atoms with van der Waals surface area (Å²) in [5.41, 5.74) is 5.51. The largest absolute Gasteiger partial charge is 0.332 e. The number of benzene rings is 2. The van der Waals surface area contributed by atoms with E-state index >= 15 is 0 Å². The standard InChI is InChI=1S/C24H29N3O2/c1-18-9-10-19(2)22(15-18)25-23(28)16-26(3)24(29)17-27-13-11-21(12-14-27)20-7-5-4-6-8-20/h4-11,15H,12-14,16-17H2,1-3H3,(H,25,28)/p+1. The third-order valence-corrected chi connectivity index (χ3v) is 5.40. The number of likely N-dealkylation sites (N-methyl/N-ethyl adjacent to an activating group) is 1. The zero-order valence-corrected chi connectivity index (χ0v) is 17.5. The molecule has 0 saturated heterocycles. The van der Waals surface area contributed by atoms with Gasteiger partial charge < -0.3 is 15.1 Å². The lowest BCUT2D eigenvalue weighted by Gasteiger charge is -2.25. The van der Waals surface area contributed by atoms with Crippen LogP contribution in [-0.2, 0) is 9.59 Å². The summed E-state index contributed by atoms with van der Waals surface area (Å²) in [7, 11) is 1.69. The Morgan fingerprint density at radius 3 is 2.55 bits per heavy atom. The second-order valence-corrected chi connectivity index (χ2v) is 7.84. The van der Waals surface area contributed by atoms with Crippen molar-refractivity contribution in [3.63, 3.8) is 0 Å². The summed E-state index contributed by atoms with van der Waals surface area (Å²) in [6, 6.07) is 16.3. The molecular formula is C24H30N3O2+. The van der Waals surface area contributed by atoms with Gasteiger partial charge in [-0.3, -0.25) is 9.59 Å². The van der Waals surface area contributed by atoms with Gasteiger partial charge in [0.2, 0.25) is 5.91 Å². The Balaban J connectivity index is 1.49. The zero-order valence-electron chi connectivity index (χ0n) is 17.5. The van der Waals surface area contributed by atoms with Gasteiger partial charge in [0.1, 0.15) is 0 Å². The zero-order chi connectivity index (χ0) is 20.8. The number of aryl methyl sites for hydroxylation is 2. The molecule has 1 heterocycles. The first-order valence-electron chi connectivity index (χ1n) is 10.1. The first kappa shape index (κ1) is 20.8. The molecule has 0 saturated carbocycles. The molecule has 1 unspecified atom stereocenters. The minimum Gasteiger partial charge on any atom is -0.332 e. The second-order valence-electron chi connectivity index (χ2n) is 7.84. The average molecular weight is 393 g/mol. The van der Waals surface area contributed by atoms with Crippen LogP contribution >= 0.6 is 0 Å². The number of carbonyl (C=O) groups is 2. The maximum Gasteiger partial charge on any atom is 0.277 e. The molecule has 0 bridgehead atoms. The van der Waals surface area contributed by atoms with E-state index < -0.39 is 0 Å². The summed E-state index contributed by atoms with van der Waals surface area (Å²) in [6.45, 7) is 6.18. The maximum atomic E-state index is 12.6. The highest BCUT2D eigenvalue weighted by Gasteiger charge is 2.22. The fourth-order valence-corrected chi connectivity index (χ4v) is 3.57. The molecule has 3 rings (SSSR count). The van der Waals surface area contributed by atoms with E-state index in [9.17, 15) is 9.59 Å². The molecule has 0 aromatic heterocycles. The maximum absolute atomic E-state index is 12.6. The van der Waals surface area contributed by atoms with E-state index in [0.29, 0.717) is 6.54 Å². The van der Waals surface area contributed by atoms with Gasteiger partial charge in [-0.15, -0.1) is 0 Å². The Bertz CT molecular complexity index is 906. The molecule has 0 aliphatic carbocycles. The van der Waals surface area contributed by atoms with Gasteiger partial charge in [-0.05, 0) is 48.3 Å². The summed E-state index contributed by atoms with van der Waals surface area (Å²) in [5, 5.41) is 2.92. The van der Waals surface area contributed by atoms with Crippen LogP contribution in [0.25, 0.3) is 5.57 Å². The van der Waals surface area contributed by atoms with Gasteiger partial charge in [0.15, 0.2) is 6.54 Å². The summed E-state index contributed by atoms with van der Waals surface area (Å²) in [5.74, 6) is -0.179. The molecule has 2 aromatic carbocycles. The van der Waals surface area contributed by atoms with Crippen molar-refractivity contribution in [3.05, 3.63) is 71.3 Å². The molecule has 1 atom stereocenters. The van der Waals surface area contributed by atoms with Crippen LogP contribution in [0.1, 0.15) is 23.1 Å². The summed E-state index contributed by atoms with van der Waals surface area (Å²) >= 11 is 0. The molecule has 0 fully saturated rings. The molecule has 152 valence electrons. The van der Waals surface area contributed by atoms with Gasteiger partial charge in [0, 0.05) is 19.2 Å². The first-order valence-corrected chi connectivity index (χ1v) is 10.1. The van der Waals surface area contributed by atoms with Gasteiger partial charge in [-0.2, -0.15) is 0 Å². The van der Waals surface area contributed by atoms with Gasteiger partial charge >= 0.3 is 0 Å². The van der Waals surface area contributed by atoms with Crippen molar-refractivity contribution in [2.24, 2.45) is 0 Å². The van der Waals surface area contributed by atoms with Gasteiger partial charge in [0.05, 0.1) is 19.6 Å². The van der Waals surface area contributed by atoms with Crippen molar-refractivity contribution in [2.45, 2.75) is 20.3 Å². The molecule has 1 aliphatic rings. The normalized spacial score (nSPS) is 16.1. The van der Waals surface area contributed by atoms with E-state index in [2.05, 4.69) is 35.7 Å². The lowest BCUT2D eigenvalue weighted by atomic mass is 10.00. The number of nitrogens with zero attached hydrogens (tertiary/aromatic N) is 1. The minimum atomic E-state index is -0.172. The Kier molecular flexibility index (Phi) is 6.83. The number of hydrogen-bond acceptors (Lipinski definition) is 2. The Labute approximate surface area is 173 Å². The highest BCUT2D eigenvalue weighted by molar-refractivity contribution is 5.95. The number of rotatable bonds is 6. The van der Waals surface area contributed by atoms with Crippen LogP contribution in [-0.4, -0.2) is 49.9 Å². The molecule has 2 N–H and O–H groups in total. The third-order valence-electron chi connectivity index (χ3n) is 5.40. The second kappa shape index (κ2) is 9.52. The van der Waals surface area contributed by atoms with E-state index in [4.69, 9.17) is 0 Å². The molecule has 0 radical (unpaired) electrons. The molecule has 29 heavy (non-hydrogen) atoms. The van der Waals surface area contributed by atoms with E-state index in [0.717, 1.165) is 36.3 Å². The fraction of sp³-hybridized carbons (Fsp3) is 0.333. The third kappa shape index (κ3) is 5.78. The van der Waals surface area contributed by atoms with Crippen LogP contribution in [0.3, 0.4) is 0 Å². The number of carbonyl (C=O) groups excluding carboxylic acids is 2. The van der Waals surface area contributed by atoms with Crippen molar-refractivity contribution in [2.75, 3.05) is 38.5 Å². The lowest BCUT2D eigenvalue weighted by Crippen LogP contribution is -3.13. The smallest absolute Gasteiger partial charge is 0.277 e. The van der Waals surface area contributed by atoms with Crippen molar-refractivity contribution >= 4 is 23.1 Å². The quantitative estimate of drug-likeness (QED) is 0.791. The number of quaternary nitrogens is 1. The molecule has 5 heteroatoms. The van der Waals surface area contributed by atoms with Crippen molar-refractivity contribution in [1.29, 1.82) is 0 Å². The molecule has 2 amide bonds. The Morgan fingerprint density at radius 1 is 1.10 bits per heavy atom. The predicted octanol–water partition coefficient (Wildman–Crippen LogP) is 2.07. The van der Waals surface area contributed by atoms with E-state index in [-0.39, 0.29) is 18.4 Å². The monoisotopic (exact) mass is 392 g/mol. The predicted molar refractivity (Wildman–Crippen MR) is 117 cm³/mol. The highest BCUT2D eigenvalue weighted by atomic mass is 16.2. The summed E-state index contributed by atoms with van der Waals surface area (Å²) < 4.78 is 0. The van der Waals surface area contributed by atoms with E-state index in [1.807, 2.05) is 38.1 Å². The van der Waals surface area contributed by atoms with Crippen molar-refractivity contribution in [1.82, 2.24) is 4.90 Å².